The van der Waals surface area contributed by atoms with Crippen LogP contribution in [0.4, 0.5) is 5.69 Å². The predicted molar refractivity (Wildman–Crippen MR) is 77.3 cm³/mol. The zero-order valence-electron chi connectivity index (χ0n) is 10.6. The van der Waals surface area contributed by atoms with Crippen molar-refractivity contribution in [3.8, 4) is 0 Å². The average molecular weight is 289 g/mol. The van der Waals surface area contributed by atoms with E-state index >= 15 is 0 Å². The first-order valence-corrected chi connectivity index (χ1v) is 6.73. The fourth-order valence-electron chi connectivity index (χ4n) is 1.52. The Morgan fingerprint density at radius 2 is 2.06 bits per heavy atom. The SMILES string of the molecule is CCCC[C@H](N)C(=O)Nc1cc(Cl)c(C)cc1Cl. The van der Waals surface area contributed by atoms with Gasteiger partial charge in [-0.05, 0) is 31.0 Å². The second kappa shape index (κ2) is 6.98. The van der Waals surface area contributed by atoms with Gasteiger partial charge in [-0.2, -0.15) is 0 Å². The molecule has 3 nitrogen and oxygen atoms in total. The molecule has 0 bridgehead atoms. The molecule has 0 aliphatic heterocycles. The molecule has 0 aliphatic rings. The monoisotopic (exact) mass is 288 g/mol. The zero-order valence-corrected chi connectivity index (χ0v) is 12.1. The van der Waals surface area contributed by atoms with Crippen LogP contribution in [0.15, 0.2) is 12.1 Å². The summed E-state index contributed by atoms with van der Waals surface area (Å²) in [6, 6.07) is 2.85. The number of nitrogens with two attached hydrogens (primary N) is 1. The van der Waals surface area contributed by atoms with Gasteiger partial charge in [0.1, 0.15) is 0 Å². The maximum Gasteiger partial charge on any atom is 0.241 e. The van der Waals surface area contributed by atoms with Crippen LogP contribution in [0.5, 0.6) is 0 Å². The van der Waals surface area contributed by atoms with Gasteiger partial charge in [0.2, 0.25) is 5.91 Å². The molecule has 1 rings (SSSR count). The summed E-state index contributed by atoms with van der Waals surface area (Å²) in [4.78, 5) is 11.8. The van der Waals surface area contributed by atoms with Crippen molar-refractivity contribution in [3.63, 3.8) is 0 Å². The van der Waals surface area contributed by atoms with Gasteiger partial charge in [0, 0.05) is 5.02 Å². The summed E-state index contributed by atoms with van der Waals surface area (Å²) in [5, 5.41) is 3.74. The van der Waals surface area contributed by atoms with Gasteiger partial charge in [0.05, 0.1) is 16.8 Å². The van der Waals surface area contributed by atoms with Crippen molar-refractivity contribution in [1.82, 2.24) is 0 Å². The number of carbonyl (C=O) groups excluding carboxylic acids is 1. The van der Waals surface area contributed by atoms with Crippen LogP contribution in [0.3, 0.4) is 0 Å². The summed E-state index contributed by atoms with van der Waals surface area (Å²) >= 11 is 12.0. The van der Waals surface area contributed by atoms with Gasteiger partial charge in [0.15, 0.2) is 0 Å². The van der Waals surface area contributed by atoms with E-state index in [0.29, 0.717) is 22.2 Å². The van der Waals surface area contributed by atoms with Crippen LogP contribution in [0.1, 0.15) is 31.7 Å². The van der Waals surface area contributed by atoms with Crippen LogP contribution in [-0.2, 0) is 4.79 Å². The number of hydrogen-bond acceptors (Lipinski definition) is 2. The third kappa shape index (κ3) is 4.16. The third-order valence-electron chi connectivity index (χ3n) is 2.71. The minimum atomic E-state index is -0.513. The summed E-state index contributed by atoms with van der Waals surface area (Å²) in [5.41, 5.74) is 7.16. The van der Waals surface area contributed by atoms with Crippen LogP contribution in [0.2, 0.25) is 10.0 Å². The molecule has 0 aliphatic carbocycles. The van der Waals surface area contributed by atoms with Crippen LogP contribution >= 0.6 is 23.2 Å². The highest BCUT2D eigenvalue weighted by Crippen LogP contribution is 2.28. The number of hydrogen-bond donors (Lipinski definition) is 2. The lowest BCUT2D eigenvalue weighted by molar-refractivity contribution is -0.117. The normalized spacial score (nSPS) is 12.3. The first kappa shape index (κ1) is 15.3. The number of halogens is 2. The van der Waals surface area contributed by atoms with Gasteiger partial charge in [-0.3, -0.25) is 4.79 Å². The van der Waals surface area contributed by atoms with Gasteiger partial charge in [-0.25, -0.2) is 0 Å². The van der Waals surface area contributed by atoms with Crippen LogP contribution in [0, 0.1) is 6.92 Å². The number of rotatable bonds is 5. The Kier molecular flexibility index (Phi) is 5.93. The molecule has 0 spiro atoms. The molecule has 0 saturated heterocycles. The molecule has 0 unspecified atom stereocenters. The van der Waals surface area contributed by atoms with E-state index in [4.69, 9.17) is 28.9 Å². The number of amides is 1. The van der Waals surface area contributed by atoms with E-state index in [9.17, 15) is 4.79 Å². The minimum Gasteiger partial charge on any atom is -0.323 e. The first-order valence-electron chi connectivity index (χ1n) is 5.97. The molecule has 3 N–H and O–H groups in total. The van der Waals surface area contributed by atoms with Gasteiger partial charge in [-0.1, -0.05) is 43.0 Å². The van der Waals surface area contributed by atoms with Crippen molar-refractivity contribution in [2.24, 2.45) is 5.73 Å². The van der Waals surface area contributed by atoms with Gasteiger partial charge < -0.3 is 11.1 Å². The quantitative estimate of drug-likeness (QED) is 0.867. The topological polar surface area (TPSA) is 55.1 Å². The lowest BCUT2D eigenvalue weighted by Gasteiger charge is -2.13. The smallest absolute Gasteiger partial charge is 0.241 e. The molecule has 0 heterocycles. The number of carbonyl (C=O) groups is 1. The predicted octanol–water partition coefficient (Wildman–Crippen LogP) is 3.76. The number of aryl methyl sites for hydroxylation is 1. The Morgan fingerprint density at radius 3 is 2.67 bits per heavy atom. The lowest BCUT2D eigenvalue weighted by atomic mass is 10.1. The molecule has 0 fully saturated rings. The molecule has 5 heteroatoms. The summed E-state index contributed by atoms with van der Waals surface area (Å²) in [5.74, 6) is -0.231. The molecule has 18 heavy (non-hydrogen) atoms. The lowest BCUT2D eigenvalue weighted by Crippen LogP contribution is -2.35. The van der Waals surface area contributed by atoms with E-state index in [-0.39, 0.29) is 5.91 Å². The third-order valence-corrected chi connectivity index (χ3v) is 3.43. The van der Waals surface area contributed by atoms with Crippen molar-refractivity contribution >= 4 is 34.8 Å². The average Bonchev–Trinajstić information content (AvgIpc) is 2.32. The molecule has 1 amide bonds. The highest BCUT2D eigenvalue weighted by Gasteiger charge is 2.15. The molecule has 0 saturated carbocycles. The highest BCUT2D eigenvalue weighted by molar-refractivity contribution is 6.36. The molecular formula is C13H18Cl2N2O. The van der Waals surface area contributed by atoms with E-state index in [0.717, 1.165) is 18.4 Å². The van der Waals surface area contributed by atoms with Crippen LogP contribution in [0.25, 0.3) is 0 Å². The van der Waals surface area contributed by atoms with E-state index in [1.165, 1.54) is 0 Å². The molecule has 0 radical (unpaired) electrons. The number of unbranched alkanes of at least 4 members (excludes halogenated alkanes) is 1. The fraction of sp³-hybridized carbons (Fsp3) is 0.462. The van der Waals surface area contributed by atoms with Crippen molar-refractivity contribution in [2.45, 2.75) is 39.2 Å². The maximum atomic E-state index is 11.8. The fourth-order valence-corrected chi connectivity index (χ4v) is 1.95. The van der Waals surface area contributed by atoms with E-state index < -0.39 is 6.04 Å². The summed E-state index contributed by atoms with van der Waals surface area (Å²) in [6.45, 7) is 3.91. The molecule has 0 aromatic heterocycles. The van der Waals surface area contributed by atoms with Crippen LogP contribution in [-0.4, -0.2) is 11.9 Å². The molecule has 1 aromatic rings. The molecular weight excluding hydrogens is 271 g/mol. The number of anilines is 1. The molecule has 1 aromatic carbocycles. The Balaban J connectivity index is 2.72. The zero-order chi connectivity index (χ0) is 13.7. The Bertz CT molecular complexity index is 435. The van der Waals surface area contributed by atoms with Gasteiger partial charge >= 0.3 is 0 Å². The Labute approximate surface area is 118 Å². The van der Waals surface area contributed by atoms with E-state index in [2.05, 4.69) is 12.2 Å². The van der Waals surface area contributed by atoms with Crippen LogP contribution < -0.4 is 11.1 Å². The Hall–Kier alpha value is -0.770. The summed E-state index contributed by atoms with van der Waals surface area (Å²) in [6.07, 6.45) is 2.61. The molecule has 1 atom stereocenters. The van der Waals surface area contributed by atoms with Crippen molar-refractivity contribution in [3.05, 3.63) is 27.7 Å². The van der Waals surface area contributed by atoms with Crippen molar-refractivity contribution in [1.29, 1.82) is 0 Å². The highest BCUT2D eigenvalue weighted by atomic mass is 35.5. The minimum absolute atomic E-state index is 0.231. The first-order chi connectivity index (χ1) is 8.45. The number of benzene rings is 1. The van der Waals surface area contributed by atoms with Gasteiger partial charge in [0.25, 0.3) is 0 Å². The van der Waals surface area contributed by atoms with E-state index in [1.807, 2.05) is 6.92 Å². The van der Waals surface area contributed by atoms with Crippen molar-refractivity contribution in [2.75, 3.05) is 5.32 Å². The van der Waals surface area contributed by atoms with Gasteiger partial charge in [-0.15, -0.1) is 0 Å². The van der Waals surface area contributed by atoms with Crippen molar-refractivity contribution < 1.29 is 4.79 Å². The largest absolute Gasteiger partial charge is 0.323 e. The maximum absolute atomic E-state index is 11.8. The standard InChI is InChI=1S/C13H18Cl2N2O/c1-3-4-5-11(16)13(18)17-12-7-9(14)8(2)6-10(12)15/h6-7,11H,3-5,16H2,1-2H3,(H,17,18)/t11-/m0/s1. The number of nitrogens with one attached hydrogen (secondary N) is 1. The summed E-state index contributed by atoms with van der Waals surface area (Å²) < 4.78 is 0. The second-order valence-electron chi connectivity index (χ2n) is 4.32. The van der Waals surface area contributed by atoms with E-state index in [1.54, 1.807) is 12.1 Å². The Morgan fingerprint density at radius 1 is 1.39 bits per heavy atom. The second-order valence-corrected chi connectivity index (χ2v) is 5.13. The molecule has 100 valence electrons. The summed E-state index contributed by atoms with van der Waals surface area (Å²) in [7, 11) is 0.